The summed E-state index contributed by atoms with van der Waals surface area (Å²) in [6.45, 7) is 11.9. The van der Waals surface area contributed by atoms with Crippen molar-refractivity contribution in [2.24, 2.45) is 0 Å². The van der Waals surface area contributed by atoms with Crippen LogP contribution in [0.5, 0.6) is 0 Å². The number of nitrogens with zero attached hydrogens (tertiary/aromatic N) is 1. The molecule has 1 fully saturated rings. The van der Waals surface area contributed by atoms with Crippen molar-refractivity contribution in [2.45, 2.75) is 51.2 Å². The Morgan fingerprint density at radius 3 is 2.57 bits per heavy atom. The van der Waals surface area contributed by atoms with Crippen molar-refractivity contribution in [1.29, 1.82) is 0 Å². The van der Waals surface area contributed by atoms with Gasteiger partial charge < -0.3 is 10.1 Å². The van der Waals surface area contributed by atoms with Gasteiger partial charge in [-0.1, -0.05) is 37.3 Å². The third-order valence-corrected chi connectivity index (χ3v) is 4.81. The lowest BCUT2D eigenvalue weighted by Crippen LogP contribution is -2.66. The molecule has 0 aliphatic carbocycles. The molecule has 3 nitrogen and oxygen atoms in total. The summed E-state index contributed by atoms with van der Waals surface area (Å²) >= 11 is 0. The van der Waals surface area contributed by atoms with Gasteiger partial charge in [0.1, 0.15) is 0 Å². The molecule has 2 atom stereocenters. The number of piperazine rings is 1. The van der Waals surface area contributed by atoms with E-state index in [1.807, 2.05) is 0 Å². The first-order valence-electron chi connectivity index (χ1n) is 7.99. The smallest absolute Gasteiger partial charge is 0.0641 e. The minimum absolute atomic E-state index is 0.00204. The van der Waals surface area contributed by atoms with Gasteiger partial charge in [0, 0.05) is 31.8 Å². The van der Waals surface area contributed by atoms with Gasteiger partial charge in [0.25, 0.3) is 0 Å². The predicted octanol–water partition coefficient (Wildman–Crippen LogP) is 3.01. The number of nitrogens with one attached hydrogen (secondary N) is 1. The van der Waals surface area contributed by atoms with Crippen LogP contribution >= 0.6 is 0 Å². The SMILES string of the molecule is CCC1CNC(C)(c2ccccc2)CN1C(C)(C)COC. The standard InChI is InChI=1S/C18H30N2O/c1-6-16-12-19-18(4,15-10-8-7-9-11-15)13-20(16)17(2,3)14-21-5/h7-11,16,19H,6,12-14H2,1-5H3. The number of rotatable bonds is 5. The number of benzene rings is 1. The molecule has 1 aromatic carbocycles. The van der Waals surface area contributed by atoms with Crippen LogP contribution in [0.2, 0.25) is 0 Å². The van der Waals surface area contributed by atoms with Gasteiger partial charge in [-0.15, -0.1) is 0 Å². The van der Waals surface area contributed by atoms with Gasteiger partial charge in [-0.25, -0.2) is 0 Å². The minimum Gasteiger partial charge on any atom is -0.383 e. The Morgan fingerprint density at radius 2 is 2.00 bits per heavy atom. The molecular weight excluding hydrogens is 260 g/mol. The maximum atomic E-state index is 5.46. The van der Waals surface area contributed by atoms with E-state index in [1.54, 1.807) is 7.11 Å². The van der Waals surface area contributed by atoms with E-state index in [9.17, 15) is 0 Å². The normalized spacial score (nSPS) is 27.8. The zero-order valence-corrected chi connectivity index (χ0v) is 14.1. The lowest BCUT2D eigenvalue weighted by Gasteiger charge is -2.52. The quantitative estimate of drug-likeness (QED) is 0.902. The third kappa shape index (κ3) is 3.47. The van der Waals surface area contributed by atoms with Gasteiger partial charge in [0.05, 0.1) is 12.1 Å². The highest BCUT2D eigenvalue weighted by atomic mass is 16.5. The molecule has 2 rings (SSSR count). The lowest BCUT2D eigenvalue weighted by molar-refractivity contribution is -0.0356. The molecule has 1 aromatic rings. The third-order valence-electron chi connectivity index (χ3n) is 4.81. The summed E-state index contributed by atoms with van der Waals surface area (Å²) in [7, 11) is 1.79. The molecule has 1 saturated heterocycles. The predicted molar refractivity (Wildman–Crippen MR) is 88.5 cm³/mol. The second-order valence-corrected chi connectivity index (χ2v) is 7.01. The summed E-state index contributed by atoms with van der Waals surface area (Å²) in [6.07, 6.45) is 1.16. The average molecular weight is 290 g/mol. The van der Waals surface area contributed by atoms with Crippen LogP contribution in [0.25, 0.3) is 0 Å². The summed E-state index contributed by atoms with van der Waals surface area (Å²) in [5, 5.41) is 3.77. The van der Waals surface area contributed by atoms with E-state index in [4.69, 9.17) is 4.74 Å². The first-order chi connectivity index (χ1) is 9.93. The summed E-state index contributed by atoms with van der Waals surface area (Å²) in [5.74, 6) is 0. The highest BCUT2D eigenvalue weighted by molar-refractivity contribution is 5.25. The fourth-order valence-electron chi connectivity index (χ4n) is 3.49. The Kier molecular flexibility index (Phi) is 5.07. The number of methoxy groups -OCH3 is 1. The highest BCUT2D eigenvalue weighted by Crippen LogP contribution is 2.31. The molecule has 0 spiro atoms. The Morgan fingerprint density at radius 1 is 1.33 bits per heavy atom. The zero-order chi connectivity index (χ0) is 15.5. The van der Waals surface area contributed by atoms with Crippen LogP contribution in [-0.2, 0) is 10.3 Å². The molecule has 2 unspecified atom stereocenters. The van der Waals surface area contributed by atoms with Crippen molar-refractivity contribution < 1.29 is 4.74 Å². The molecule has 0 aromatic heterocycles. The zero-order valence-electron chi connectivity index (χ0n) is 14.1. The van der Waals surface area contributed by atoms with Crippen molar-refractivity contribution in [3.63, 3.8) is 0 Å². The molecule has 118 valence electrons. The Bertz CT molecular complexity index is 446. The summed E-state index contributed by atoms with van der Waals surface area (Å²) < 4.78 is 5.46. The molecule has 1 aliphatic heterocycles. The van der Waals surface area contributed by atoms with Crippen LogP contribution < -0.4 is 5.32 Å². The average Bonchev–Trinajstić information content (AvgIpc) is 2.48. The summed E-state index contributed by atoms with van der Waals surface area (Å²) in [5.41, 5.74) is 1.41. The fourth-order valence-corrected chi connectivity index (χ4v) is 3.49. The van der Waals surface area contributed by atoms with Crippen molar-refractivity contribution in [2.75, 3.05) is 26.8 Å². The number of ether oxygens (including phenoxy) is 1. The fraction of sp³-hybridized carbons (Fsp3) is 0.667. The Labute approximate surface area is 129 Å². The Balaban J connectivity index is 2.26. The van der Waals surface area contributed by atoms with Gasteiger partial charge in [-0.3, -0.25) is 4.90 Å². The molecular formula is C18H30N2O. The van der Waals surface area contributed by atoms with Crippen molar-refractivity contribution >= 4 is 0 Å². The summed E-state index contributed by atoms with van der Waals surface area (Å²) in [6, 6.07) is 11.3. The monoisotopic (exact) mass is 290 g/mol. The van der Waals surface area contributed by atoms with Gasteiger partial charge in [0.2, 0.25) is 0 Å². The molecule has 1 heterocycles. The van der Waals surface area contributed by atoms with E-state index in [2.05, 4.69) is 68.2 Å². The van der Waals surface area contributed by atoms with Gasteiger partial charge in [-0.2, -0.15) is 0 Å². The second kappa shape index (κ2) is 6.47. The van der Waals surface area contributed by atoms with Crippen LogP contribution in [0.4, 0.5) is 0 Å². The van der Waals surface area contributed by atoms with E-state index in [-0.39, 0.29) is 11.1 Å². The molecule has 0 radical (unpaired) electrons. The first-order valence-corrected chi connectivity index (χ1v) is 7.99. The molecule has 0 amide bonds. The molecule has 0 saturated carbocycles. The van der Waals surface area contributed by atoms with Gasteiger partial charge >= 0.3 is 0 Å². The van der Waals surface area contributed by atoms with Gasteiger partial charge in [-0.05, 0) is 32.8 Å². The maximum Gasteiger partial charge on any atom is 0.0641 e. The Hall–Kier alpha value is -0.900. The van der Waals surface area contributed by atoms with E-state index < -0.39 is 0 Å². The topological polar surface area (TPSA) is 24.5 Å². The van der Waals surface area contributed by atoms with E-state index in [1.165, 1.54) is 5.56 Å². The van der Waals surface area contributed by atoms with Crippen molar-refractivity contribution in [3.8, 4) is 0 Å². The van der Waals surface area contributed by atoms with E-state index >= 15 is 0 Å². The van der Waals surface area contributed by atoms with Crippen molar-refractivity contribution in [1.82, 2.24) is 10.2 Å². The molecule has 1 N–H and O–H groups in total. The molecule has 1 aliphatic rings. The van der Waals surface area contributed by atoms with Gasteiger partial charge in [0.15, 0.2) is 0 Å². The van der Waals surface area contributed by atoms with Crippen molar-refractivity contribution in [3.05, 3.63) is 35.9 Å². The summed E-state index contributed by atoms with van der Waals surface area (Å²) in [4.78, 5) is 2.62. The van der Waals surface area contributed by atoms with Crippen LogP contribution in [0.15, 0.2) is 30.3 Å². The molecule has 21 heavy (non-hydrogen) atoms. The number of hydrogen-bond donors (Lipinski definition) is 1. The minimum atomic E-state index is -0.00204. The molecule has 3 heteroatoms. The largest absolute Gasteiger partial charge is 0.383 e. The molecule has 0 bridgehead atoms. The van der Waals surface area contributed by atoms with Crippen LogP contribution in [-0.4, -0.2) is 43.3 Å². The second-order valence-electron chi connectivity index (χ2n) is 7.01. The maximum absolute atomic E-state index is 5.46. The lowest BCUT2D eigenvalue weighted by atomic mass is 9.85. The van der Waals surface area contributed by atoms with Crippen LogP contribution in [0.1, 0.15) is 39.7 Å². The van der Waals surface area contributed by atoms with Crippen LogP contribution in [0, 0.1) is 0 Å². The van der Waals surface area contributed by atoms with E-state index in [0.29, 0.717) is 6.04 Å². The van der Waals surface area contributed by atoms with Crippen LogP contribution in [0.3, 0.4) is 0 Å². The number of hydrogen-bond acceptors (Lipinski definition) is 3. The van der Waals surface area contributed by atoms with E-state index in [0.717, 1.165) is 26.1 Å². The first kappa shape index (κ1) is 16.5. The highest BCUT2D eigenvalue weighted by Gasteiger charge is 2.42.